The second kappa shape index (κ2) is 6.06. The van der Waals surface area contributed by atoms with Crippen LogP contribution in [0.15, 0.2) is 42.6 Å². The van der Waals surface area contributed by atoms with Gasteiger partial charge in [0.05, 0.1) is 17.9 Å². The van der Waals surface area contributed by atoms with Crippen molar-refractivity contribution < 1.29 is 9.90 Å². The molecular formula is C17H18N2O2. The third kappa shape index (κ3) is 2.67. The number of likely N-dealkylation sites (tertiary alicyclic amines) is 1. The first-order valence-electron chi connectivity index (χ1n) is 7.24. The average Bonchev–Trinajstić information content (AvgIpc) is 3.08. The van der Waals surface area contributed by atoms with E-state index in [4.69, 9.17) is 0 Å². The Hall–Kier alpha value is -2.20. The lowest BCUT2D eigenvalue weighted by Crippen LogP contribution is -2.28. The molecule has 2 heterocycles. The fourth-order valence-electron chi connectivity index (χ4n) is 2.77. The van der Waals surface area contributed by atoms with Gasteiger partial charge in [-0.3, -0.25) is 9.78 Å². The van der Waals surface area contributed by atoms with Gasteiger partial charge in [-0.25, -0.2) is 0 Å². The number of benzene rings is 1. The van der Waals surface area contributed by atoms with Crippen molar-refractivity contribution in [1.82, 2.24) is 9.88 Å². The maximum atomic E-state index is 12.7. The van der Waals surface area contributed by atoms with Crippen molar-refractivity contribution >= 4 is 5.91 Å². The Morgan fingerprint density at radius 1 is 1.14 bits per heavy atom. The molecule has 1 aromatic heterocycles. The first-order valence-corrected chi connectivity index (χ1v) is 7.24. The van der Waals surface area contributed by atoms with Gasteiger partial charge in [-0.2, -0.15) is 0 Å². The predicted molar refractivity (Wildman–Crippen MR) is 80.7 cm³/mol. The highest BCUT2D eigenvalue weighted by Crippen LogP contribution is 2.26. The first kappa shape index (κ1) is 13.8. The molecule has 1 saturated heterocycles. The lowest BCUT2D eigenvalue weighted by molar-refractivity contribution is 0.0793. The summed E-state index contributed by atoms with van der Waals surface area (Å²) in [5.41, 5.74) is 2.87. The number of aliphatic hydroxyl groups excluding tert-OH is 1. The minimum Gasteiger partial charge on any atom is -0.392 e. The third-order valence-electron chi connectivity index (χ3n) is 3.87. The van der Waals surface area contributed by atoms with E-state index < -0.39 is 0 Å². The minimum absolute atomic E-state index is 0.0309. The second-order valence-corrected chi connectivity index (χ2v) is 5.21. The van der Waals surface area contributed by atoms with Gasteiger partial charge in [-0.15, -0.1) is 0 Å². The Morgan fingerprint density at radius 2 is 1.90 bits per heavy atom. The smallest absolute Gasteiger partial charge is 0.256 e. The number of hydrogen-bond acceptors (Lipinski definition) is 3. The van der Waals surface area contributed by atoms with Crippen molar-refractivity contribution in [3.8, 4) is 11.3 Å². The van der Waals surface area contributed by atoms with Crippen LogP contribution in [0.4, 0.5) is 0 Å². The van der Waals surface area contributed by atoms with E-state index in [1.165, 1.54) is 0 Å². The number of amides is 1. The molecule has 1 fully saturated rings. The van der Waals surface area contributed by atoms with Crippen LogP contribution in [0.1, 0.15) is 28.8 Å². The number of hydrogen-bond donors (Lipinski definition) is 1. The fraction of sp³-hybridized carbons (Fsp3) is 0.294. The van der Waals surface area contributed by atoms with Crippen molar-refractivity contribution in [2.24, 2.45) is 0 Å². The molecule has 0 radical (unpaired) electrons. The zero-order chi connectivity index (χ0) is 14.7. The van der Waals surface area contributed by atoms with Crippen LogP contribution in [-0.2, 0) is 6.61 Å². The minimum atomic E-state index is -0.0654. The van der Waals surface area contributed by atoms with Gasteiger partial charge in [0.15, 0.2) is 0 Å². The summed E-state index contributed by atoms with van der Waals surface area (Å²) in [6.07, 6.45) is 3.81. The molecule has 108 valence electrons. The number of aliphatic hydroxyl groups is 1. The lowest BCUT2D eigenvalue weighted by atomic mass is 10.00. The van der Waals surface area contributed by atoms with E-state index in [0.717, 1.165) is 37.1 Å². The quantitative estimate of drug-likeness (QED) is 0.941. The van der Waals surface area contributed by atoms with Crippen LogP contribution in [0.5, 0.6) is 0 Å². The lowest BCUT2D eigenvalue weighted by Gasteiger charge is -2.18. The van der Waals surface area contributed by atoms with Gasteiger partial charge in [-0.1, -0.05) is 24.3 Å². The largest absolute Gasteiger partial charge is 0.392 e. The van der Waals surface area contributed by atoms with Gasteiger partial charge in [-0.05, 0) is 30.5 Å². The van der Waals surface area contributed by atoms with E-state index in [1.54, 1.807) is 12.3 Å². The van der Waals surface area contributed by atoms with E-state index in [9.17, 15) is 9.90 Å². The highest BCUT2D eigenvalue weighted by molar-refractivity contribution is 6.00. The topological polar surface area (TPSA) is 53.4 Å². The summed E-state index contributed by atoms with van der Waals surface area (Å²) in [5.74, 6) is 0.0309. The zero-order valence-electron chi connectivity index (χ0n) is 11.8. The molecule has 1 N–H and O–H groups in total. The summed E-state index contributed by atoms with van der Waals surface area (Å²) in [4.78, 5) is 18.9. The van der Waals surface area contributed by atoms with Gasteiger partial charge >= 0.3 is 0 Å². The van der Waals surface area contributed by atoms with Gasteiger partial charge in [0.25, 0.3) is 5.91 Å². The summed E-state index contributed by atoms with van der Waals surface area (Å²) < 4.78 is 0. The summed E-state index contributed by atoms with van der Waals surface area (Å²) in [6.45, 7) is 1.56. The van der Waals surface area contributed by atoms with Crippen molar-refractivity contribution in [3.63, 3.8) is 0 Å². The molecule has 4 nitrogen and oxygen atoms in total. The molecule has 1 aliphatic heterocycles. The van der Waals surface area contributed by atoms with Gasteiger partial charge < -0.3 is 10.0 Å². The molecule has 1 amide bonds. The number of nitrogens with zero attached hydrogens (tertiary/aromatic N) is 2. The molecule has 4 heteroatoms. The predicted octanol–water partition coefficient (Wildman–Crippen LogP) is 2.48. The van der Waals surface area contributed by atoms with Crippen LogP contribution in [0.25, 0.3) is 11.3 Å². The molecule has 3 rings (SSSR count). The van der Waals surface area contributed by atoms with E-state index in [2.05, 4.69) is 4.98 Å². The second-order valence-electron chi connectivity index (χ2n) is 5.21. The first-order chi connectivity index (χ1) is 10.3. The number of aromatic nitrogens is 1. The highest BCUT2D eigenvalue weighted by Gasteiger charge is 2.23. The number of pyridine rings is 1. The third-order valence-corrected chi connectivity index (χ3v) is 3.87. The maximum absolute atomic E-state index is 12.7. The molecule has 0 bridgehead atoms. The van der Waals surface area contributed by atoms with Crippen LogP contribution in [0.2, 0.25) is 0 Å². The van der Waals surface area contributed by atoms with Gasteiger partial charge in [0.2, 0.25) is 0 Å². The molecule has 21 heavy (non-hydrogen) atoms. The summed E-state index contributed by atoms with van der Waals surface area (Å²) in [5, 5.41) is 9.50. The Balaban J connectivity index is 2.05. The number of carbonyl (C=O) groups is 1. The van der Waals surface area contributed by atoms with Crippen molar-refractivity contribution in [2.75, 3.05) is 13.1 Å². The van der Waals surface area contributed by atoms with E-state index in [0.29, 0.717) is 11.3 Å². The molecular weight excluding hydrogens is 264 g/mol. The standard InChI is InChI=1S/C17H18N2O2/c20-12-13-6-1-2-7-14(13)16-15(8-5-9-18-16)17(21)19-10-3-4-11-19/h1-2,5-9,20H,3-4,10-12H2. The van der Waals surface area contributed by atoms with Crippen LogP contribution < -0.4 is 0 Å². The van der Waals surface area contributed by atoms with Crippen molar-refractivity contribution in [1.29, 1.82) is 0 Å². The van der Waals surface area contributed by atoms with Gasteiger partial charge in [0.1, 0.15) is 0 Å². The molecule has 0 aliphatic carbocycles. The average molecular weight is 282 g/mol. The van der Waals surface area contributed by atoms with Crippen LogP contribution in [-0.4, -0.2) is 34.0 Å². The fourth-order valence-corrected chi connectivity index (χ4v) is 2.77. The Kier molecular flexibility index (Phi) is 3.97. The number of rotatable bonds is 3. The SMILES string of the molecule is O=C(c1cccnc1-c1ccccc1CO)N1CCCC1. The Labute approximate surface area is 124 Å². The van der Waals surface area contributed by atoms with E-state index >= 15 is 0 Å². The molecule has 0 atom stereocenters. The summed E-state index contributed by atoms with van der Waals surface area (Å²) in [7, 11) is 0. The van der Waals surface area contributed by atoms with E-state index in [-0.39, 0.29) is 12.5 Å². The zero-order valence-corrected chi connectivity index (χ0v) is 11.8. The van der Waals surface area contributed by atoms with E-state index in [1.807, 2.05) is 35.2 Å². The maximum Gasteiger partial charge on any atom is 0.256 e. The summed E-state index contributed by atoms with van der Waals surface area (Å²) in [6, 6.07) is 11.1. The normalized spacial score (nSPS) is 14.4. The van der Waals surface area contributed by atoms with Crippen LogP contribution >= 0.6 is 0 Å². The van der Waals surface area contributed by atoms with Crippen molar-refractivity contribution in [2.45, 2.75) is 19.4 Å². The molecule has 1 aliphatic rings. The van der Waals surface area contributed by atoms with Crippen LogP contribution in [0.3, 0.4) is 0 Å². The monoisotopic (exact) mass is 282 g/mol. The summed E-state index contributed by atoms with van der Waals surface area (Å²) >= 11 is 0. The number of carbonyl (C=O) groups excluding carboxylic acids is 1. The molecule has 0 spiro atoms. The molecule has 0 saturated carbocycles. The molecule has 2 aromatic rings. The molecule has 1 aromatic carbocycles. The highest BCUT2D eigenvalue weighted by atomic mass is 16.3. The Morgan fingerprint density at radius 3 is 2.67 bits per heavy atom. The van der Waals surface area contributed by atoms with Crippen molar-refractivity contribution in [3.05, 3.63) is 53.7 Å². The molecule has 0 unspecified atom stereocenters. The van der Waals surface area contributed by atoms with Gasteiger partial charge in [0, 0.05) is 24.8 Å². The Bertz CT molecular complexity index is 649. The van der Waals surface area contributed by atoms with Crippen LogP contribution in [0, 0.1) is 0 Å².